The molecule has 10 aromatic rings. The molecule has 0 unspecified atom stereocenters. The van der Waals surface area contributed by atoms with Crippen LogP contribution in [0.2, 0.25) is 0 Å². The lowest BCUT2D eigenvalue weighted by atomic mass is 10.0. The largest absolute Gasteiger partial charge is 0.505 e. The number of nitrogens with zero attached hydrogens (tertiary/aromatic N) is 8. The Balaban J connectivity index is 1.07. The van der Waals surface area contributed by atoms with Gasteiger partial charge in [-0.05, 0) is 113 Å². The van der Waals surface area contributed by atoms with E-state index >= 15 is 0 Å². The third-order valence-electron chi connectivity index (χ3n) is 13.6. The monoisotopic (exact) mass is 1480 g/mol. The fourth-order valence-corrected chi connectivity index (χ4v) is 15.2. The molecule has 0 bridgehead atoms. The highest BCUT2D eigenvalue weighted by Gasteiger charge is 2.31. The van der Waals surface area contributed by atoms with Gasteiger partial charge in [-0.3, -0.25) is 36.4 Å². The van der Waals surface area contributed by atoms with Crippen LogP contribution in [0, 0.1) is 0 Å². The number of rotatable bonds is 16. The van der Waals surface area contributed by atoms with E-state index in [0.717, 1.165) is 78.9 Å². The van der Waals surface area contributed by atoms with Crippen LogP contribution in [-0.2, 0) is 80.9 Å². The van der Waals surface area contributed by atoms with Crippen LogP contribution in [0.5, 0.6) is 17.2 Å². The van der Waals surface area contributed by atoms with Gasteiger partial charge in [-0.2, -0.15) is 77.6 Å². The Labute approximate surface area is 537 Å². The molecule has 0 aliphatic heterocycles. The van der Waals surface area contributed by atoms with Crippen LogP contribution < -0.4 is 5.73 Å². The van der Waals surface area contributed by atoms with Crippen LogP contribution in [0.1, 0.15) is 0 Å². The molecule has 0 heterocycles. The normalized spacial score (nSPS) is 13.6. The summed E-state index contributed by atoms with van der Waals surface area (Å²) in [7, 11) is -42.6. The van der Waals surface area contributed by atoms with Crippen molar-refractivity contribution < 1.29 is 119 Å². The van der Waals surface area contributed by atoms with Gasteiger partial charge in [0, 0.05) is 31.8 Å². The van der Waals surface area contributed by atoms with Crippen LogP contribution in [0.4, 0.5) is 51.2 Å². The number of benzene rings is 10. The zero-order valence-electron chi connectivity index (χ0n) is 45.8. The van der Waals surface area contributed by atoms with E-state index in [1.165, 1.54) is 0 Å². The van der Waals surface area contributed by atoms with E-state index in [1.807, 2.05) is 0 Å². The van der Waals surface area contributed by atoms with Crippen molar-refractivity contribution in [1.82, 2.24) is 0 Å². The number of nitrogen functional groups attached to an aromatic ring is 1. The molecule has 0 radical (unpaired) electrons. The number of phenols is 3. The van der Waals surface area contributed by atoms with Crippen molar-refractivity contribution in [3.05, 3.63) is 115 Å². The van der Waals surface area contributed by atoms with Gasteiger partial charge in [0.15, 0.2) is 17.2 Å². The van der Waals surface area contributed by atoms with Crippen LogP contribution in [-0.4, -0.2) is 119 Å². The predicted octanol–water partition coefficient (Wildman–Crippen LogP) is 10.1. The van der Waals surface area contributed by atoms with Gasteiger partial charge in [0.2, 0.25) is 0 Å². The third-order valence-corrected chi connectivity index (χ3v) is 20.8. The highest BCUT2D eigenvalue weighted by molar-refractivity contribution is 7.88. The first-order valence-corrected chi connectivity index (χ1v) is 36.7. The van der Waals surface area contributed by atoms with Gasteiger partial charge in [-0.1, -0.05) is 24.3 Å². The Morgan fingerprint density at radius 3 is 1.32 bits per heavy atom. The Hall–Kier alpha value is -9.27. The number of hydrogen-bond donors (Lipinski definition) is 13. The van der Waals surface area contributed by atoms with E-state index in [9.17, 15) is 119 Å². The molecule has 0 amide bonds. The van der Waals surface area contributed by atoms with Crippen molar-refractivity contribution in [1.29, 1.82) is 0 Å². The summed E-state index contributed by atoms with van der Waals surface area (Å²) >= 11 is 4.07. The summed E-state index contributed by atoms with van der Waals surface area (Å²) in [6.07, 6.45) is 0. The molecule has 45 heteroatoms. The van der Waals surface area contributed by atoms with E-state index in [-0.39, 0.29) is 26.4 Å². The zero-order valence-corrected chi connectivity index (χ0v) is 53.2. The molecule has 0 spiro atoms. The number of azo groups is 4. The second-order valence-electron chi connectivity index (χ2n) is 19.6. The number of phenolic OH excluding ortho intramolecular Hbond substituents is 3. The standard InChI is InChI=1S/C50H33N9O27S9/c51-42-41-23(14-36(92(75,76)77)44(42)56-53-25-5-4-20-12-37(93(78,79)80)46(49(61)30(20)16-25)59-55-43-31-17-26(87)18-35(91(72,73)74)29(31)8-9-34(43)90(69,70)71)15-39(95(84,85)86)47(50(41)62)57-52-24-6-7-28-22(10-24)13-38(94(81,82)83)45(48(28)60)58-54-32-19-27(88(63,64)65)11-21-2-1-3-33(40(21)32)89(66,67)68/h1-19,60-62,87H,51H2,(H,63,64,65)(H,66,67,68)(H,69,70,71)(H,72,73,74)(H,75,76,77)(H,78,79,80)(H,81,82,83)(H,84,85,86). The van der Waals surface area contributed by atoms with Gasteiger partial charge < -0.3 is 21.1 Å². The zero-order chi connectivity index (χ0) is 70.0. The summed E-state index contributed by atoms with van der Waals surface area (Å²) in [4.78, 5) is -8.94. The molecular weight excluding hydrogens is 1450 g/mol. The Bertz CT molecular complexity index is 6280. The van der Waals surface area contributed by atoms with Crippen LogP contribution in [0.25, 0.3) is 53.9 Å². The average Bonchev–Trinajstić information content (AvgIpc) is 0.759. The van der Waals surface area contributed by atoms with Crippen LogP contribution >= 0.6 is 12.6 Å². The Morgan fingerprint density at radius 2 is 0.758 bits per heavy atom. The minimum absolute atomic E-state index is 0.237. The highest BCUT2D eigenvalue weighted by atomic mass is 32.2. The number of nitrogens with two attached hydrogens (primary N) is 1. The van der Waals surface area contributed by atoms with Gasteiger partial charge in [-0.25, -0.2) is 0 Å². The molecular formula is C50H33N9O27S9. The Morgan fingerprint density at radius 1 is 0.305 bits per heavy atom. The molecule has 0 saturated heterocycles. The van der Waals surface area contributed by atoms with Gasteiger partial charge in [0.1, 0.15) is 62.7 Å². The molecule has 0 fully saturated rings. The molecule has 10 rings (SSSR count). The van der Waals surface area contributed by atoms with Crippen molar-refractivity contribution in [2.75, 3.05) is 5.73 Å². The second kappa shape index (κ2) is 23.6. The molecule has 95 heavy (non-hydrogen) atoms. The van der Waals surface area contributed by atoms with Gasteiger partial charge in [0.05, 0.1) is 33.0 Å². The smallest absolute Gasteiger partial charge is 0.296 e. The van der Waals surface area contributed by atoms with Crippen molar-refractivity contribution in [2.24, 2.45) is 40.9 Å². The summed E-state index contributed by atoms with van der Waals surface area (Å²) in [5.74, 6) is -3.61. The first-order valence-electron chi connectivity index (χ1n) is 24.8. The lowest BCUT2D eigenvalue weighted by Crippen LogP contribution is -2.03. The SMILES string of the molecule is Nc1c(N=Nc2ccc3cc(S(=O)(=O)O)c(N=Nc4c(S(=O)(=O)O)ccc5c(S(=O)(=O)O)cc(S)cc45)c(O)c3c2)c(S(=O)(=O)O)cc2cc(S(=O)(=O)O)c(N=Nc3ccc4c(O)c(N=Nc5cc(S(=O)(=O)O)cc6cccc(S(=O)(=O)O)c56)c(S(=O)(=O)O)cc4c3)c(O)c12. The lowest BCUT2D eigenvalue weighted by molar-refractivity contribution is 0.471. The summed E-state index contributed by atoms with van der Waals surface area (Å²) in [5.41, 5.74) is -1.53. The molecule has 10 aromatic carbocycles. The fraction of sp³-hybridized carbons (Fsp3) is 0. The number of thiol groups is 1. The first-order chi connectivity index (χ1) is 43.7. The maximum Gasteiger partial charge on any atom is 0.296 e. The van der Waals surface area contributed by atoms with Gasteiger partial charge in [-0.15, -0.1) is 43.3 Å². The quantitative estimate of drug-likeness (QED) is 0.0185. The van der Waals surface area contributed by atoms with E-state index in [0.29, 0.717) is 36.4 Å². The van der Waals surface area contributed by atoms with Crippen LogP contribution in [0.3, 0.4) is 0 Å². The predicted molar refractivity (Wildman–Crippen MR) is 332 cm³/mol. The van der Waals surface area contributed by atoms with Crippen molar-refractivity contribution >= 4 is 199 Å². The minimum Gasteiger partial charge on any atom is -0.505 e. The summed E-state index contributed by atoms with van der Waals surface area (Å²) in [5, 5.41) is 60.2. The molecule has 0 aromatic heterocycles. The molecule has 0 aliphatic carbocycles. The lowest BCUT2D eigenvalue weighted by Gasteiger charge is -2.14. The highest BCUT2D eigenvalue weighted by Crippen LogP contribution is 2.51. The van der Waals surface area contributed by atoms with Crippen molar-refractivity contribution in [3.63, 3.8) is 0 Å². The van der Waals surface area contributed by atoms with E-state index in [4.69, 9.17) is 5.73 Å². The van der Waals surface area contributed by atoms with Crippen molar-refractivity contribution in [2.45, 2.75) is 44.1 Å². The number of hydrogen-bond acceptors (Lipinski definition) is 29. The van der Waals surface area contributed by atoms with Gasteiger partial charge in [0.25, 0.3) is 80.9 Å². The van der Waals surface area contributed by atoms with E-state index < -0.39 is 221 Å². The van der Waals surface area contributed by atoms with Crippen molar-refractivity contribution in [3.8, 4) is 17.2 Å². The van der Waals surface area contributed by atoms with Gasteiger partial charge >= 0.3 is 0 Å². The number of aromatic hydroxyl groups is 3. The Kier molecular flexibility index (Phi) is 17.0. The van der Waals surface area contributed by atoms with E-state index in [2.05, 4.69) is 53.5 Å². The third kappa shape index (κ3) is 13.4. The molecule has 0 aliphatic rings. The molecule has 494 valence electrons. The maximum absolute atomic E-state index is 12.9. The second-order valence-corrected chi connectivity index (χ2v) is 31.3. The van der Waals surface area contributed by atoms with E-state index in [1.54, 1.807) is 0 Å². The average molecular weight is 1480 g/mol. The maximum atomic E-state index is 12.9. The number of anilines is 1. The molecule has 0 atom stereocenters. The first kappa shape index (κ1) is 68.6. The molecule has 13 N–H and O–H groups in total. The minimum atomic E-state index is -5.56. The summed E-state index contributed by atoms with van der Waals surface area (Å²) < 4.78 is 283. The fourth-order valence-electron chi connectivity index (χ4n) is 9.57. The molecule has 36 nitrogen and oxygen atoms in total. The number of fused-ring (bicyclic) bond motifs is 5. The summed E-state index contributed by atoms with van der Waals surface area (Å²) in [6.45, 7) is 0. The summed E-state index contributed by atoms with van der Waals surface area (Å²) in [6, 6.07) is 16.1. The topological polar surface area (TPSA) is 621 Å². The molecule has 0 saturated carbocycles. The van der Waals surface area contributed by atoms with Crippen LogP contribution in [0.15, 0.2) is 200 Å².